The molecular weight excluding hydrogens is 402 g/mol. The average molecular weight is 426 g/mol. The molecule has 0 aliphatic carbocycles. The zero-order valence-corrected chi connectivity index (χ0v) is 18.0. The van der Waals surface area contributed by atoms with E-state index in [4.69, 9.17) is 13.9 Å². The molecule has 8 heteroatoms. The normalized spacial score (nSPS) is 11.1. The Bertz CT molecular complexity index is 1050. The number of hydrogen-bond donors (Lipinski definition) is 1. The second-order valence-corrected chi connectivity index (χ2v) is 8.19. The fourth-order valence-corrected chi connectivity index (χ4v) is 3.54. The Morgan fingerprint density at radius 1 is 1.10 bits per heavy atom. The van der Waals surface area contributed by atoms with Crippen LogP contribution in [-0.4, -0.2) is 35.6 Å². The molecule has 0 unspecified atom stereocenters. The number of ether oxygens (including phenoxy) is 2. The third kappa shape index (κ3) is 5.64. The second-order valence-electron chi connectivity index (χ2n) is 6.54. The largest absolute Gasteiger partial charge is 0.493 e. The van der Waals surface area contributed by atoms with Crippen molar-refractivity contribution in [3.8, 4) is 23.0 Å². The van der Waals surface area contributed by atoms with Crippen molar-refractivity contribution >= 4 is 29.8 Å². The Morgan fingerprint density at radius 3 is 2.63 bits per heavy atom. The van der Waals surface area contributed by atoms with E-state index in [1.165, 1.54) is 6.08 Å². The van der Waals surface area contributed by atoms with Crippen molar-refractivity contribution in [2.45, 2.75) is 24.0 Å². The summed E-state index contributed by atoms with van der Waals surface area (Å²) in [5.41, 5.74) is 1.59. The highest BCUT2D eigenvalue weighted by molar-refractivity contribution is 7.99. The molecule has 0 radical (unpaired) electrons. The minimum Gasteiger partial charge on any atom is -0.493 e. The van der Waals surface area contributed by atoms with E-state index in [1.807, 2.05) is 30.3 Å². The van der Waals surface area contributed by atoms with Gasteiger partial charge in [0.1, 0.15) is 0 Å². The smallest absolute Gasteiger partial charge is 0.322 e. The molecule has 1 amide bonds. The summed E-state index contributed by atoms with van der Waals surface area (Å²) in [4.78, 5) is 13.3. The zero-order chi connectivity index (χ0) is 21.5. The second kappa shape index (κ2) is 9.98. The number of nitrogens with one attached hydrogen (secondary N) is 1. The lowest BCUT2D eigenvalue weighted by Crippen LogP contribution is -2.07. The van der Waals surface area contributed by atoms with Gasteiger partial charge in [-0.25, -0.2) is 0 Å². The topological polar surface area (TPSA) is 86.5 Å². The standard InChI is InChI=1S/C22H23N3O4S/c1-14(2)30-17-7-5-6-16(13-17)21-24-25-22(29-21)23-20(26)11-9-15-8-10-18(27-3)19(12-15)28-4/h5-14H,1-4H3,(H,23,25,26)/b11-9+. The highest BCUT2D eigenvalue weighted by Gasteiger charge is 2.11. The van der Waals surface area contributed by atoms with Crippen LogP contribution >= 0.6 is 11.8 Å². The summed E-state index contributed by atoms with van der Waals surface area (Å²) >= 11 is 1.75. The monoisotopic (exact) mass is 425 g/mol. The van der Waals surface area contributed by atoms with E-state index in [2.05, 4.69) is 29.4 Å². The maximum Gasteiger partial charge on any atom is 0.322 e. The number of amides is 1. The van der Waals surface area contributed by atoms with Gasteiger partial charge < -0.3 is 13.9 Å². The Hall–Kier alpha value is -3.26. The average Bonchev–Trinajstić information content (AvgIpc) is 3.20. The molecule has 3 aromatic rings. The van der Waals surface area contributed by atoms with Crippen molar-refractivity contribution in [3.63, 3.8) is 0 Å². The third-order valence-electron chi connectivity index (χ3n) is 3.94. The highest BCUT2D eigenvalue weighted by atomic mass is 32.2. The number of anilines is 1. The molecule has 3 rings (SSSR count). The fraction of sp³-hybridized carbons (Fsp3) is 0.227. The van der Waals surface area contributed by atoms with Crippen LogP contribution in [0, 0.1) is 0 Å². The molecule has 0 spiro atoms. The molecule has 7 nitrogen and oxygen atoms in total. The summed E-state index contributed by atoms with van der Waals surface area (Å²) in [5.74, 6) is 1.16. The Morgan fingerprint density at radius 2 is 1.90 bits per heavy atom. The van der Waals surface area contributed by atoms with E-state index in [9.17, 15) is 4.79 Å². The SMILES string of the molecule is COc1ccc(/C=C/C(=O)Nc2nnc(-c3cccc(SC(C)C)c3)o2)cc1OC. The first-order valence-corrected chi connectivity index (χ1v) is 10.2. The predicted molar refractivity (Wildman–Crippen MR) is 118 cm³/mol. The first-order chi connectivity index (χ1) is 14.5. The van der Waals surface area contributed by atoms with Crippen LogP contribution in [0.5, 0.6) is 11.5 Å². The Balaban J connectivity index is 1.66. The predicted octanol–water partition coefficient (Wildman–Crippen LogP) is 4.91. The summed E-state index contributed by atoms with van der Waals surface area (Å²) < 4.78 is 16.0. The van der Waals surface area contributed by atoms with E-state index in [0.29, 0.717) is 22.6 Å². The van der Waals surface area contributed by atoms with E-state index >= 15 is 0 Å². The minimum atomic E-state index is -0.385. The van der Waals surface area contributed by atoms with Crippen LogP contribution < -0.4 is 14.8 Å². The molecule has 0 bridgehead atoms. The molecular formula is C22H23N3O4S. The first kappa shape index (κ1) is 21.4. The number of rotatable bonds is 8. The number of benzene rings is 2. The van der Waals surface area contributed by atoms with Crippen LogP contribution in [0.15, 0.2) is 57.9 Å². The number of thioether (sulfide) groups is 1. The van der Waals surface area contributed by atoms with Gasteiger partial charge in [0.15, 0.2) is 11.5 Å². The number of hydrogen-bond acceptors (Lipinski definition) is 7. The van der Waals surface area contributed by atoms with Crippen molar-refractivity contribution < 1.29 is 18.7 Å². The van der Waals surface area contributed by atoms with Gasteiger partial charge in [0.05, 0.1) is 14.2 Å². The molecule has 2 aromatic carbocycles. The Kier molecular flexibility index (Phi) is 7.13. The van der Waals surface area contributed by atoms with E-state index in [-0.39, 0.29) is 11.9 Å². The number of methoxy groups -OCH3 is 2. The lowest BCUT2D eigenvalue weighted by Gasteiger charge is -2.07. The van der Waals surface area contributed by atoms with Gasteiger partial charge in [-0.2, -0.15) is 0 Å². The quantitative estimate of drug-likeness (QED) is 0.405. The van der Waals surface area contributed by atoms with Crippen LogP contribution in [-0.2, 0) is 4.79 Å². The Labute approximate surface area is 179 Å². The molecule has 156 valence electrons. The summed E-state index contributed by atoms with van der Waals surface area (Å²) in [6, 6.07) is 13.2. The molecule has 0 saturated carbocycles. The van der Waals surface area contributed by atoms with Crippen molar-refractivity contribution in [2.75, 3.05) is 19.5 Å². The lowest BCUT2D eigenvalue weighted by atomic mass is 10.2. The number of carbonyl (C=O) groups excluding carboxylic acids is 1. The van der Waals surface area contributed by atoms with Gasteiger partial charge in [-0.3, -0.25) is 10.1 Å². The van der Waals surface area contributed by atoms with E-state index in [0.717, 1.165) is 16.0 Å². The zero-order valence-electron chi connectivity index (χ0n) is 17.2. The van der Waals surface area contributed by atoms with Crippen LogP contribution in [0.1, 0.15) is 19.4 Å². The maximum atomic E-state index is 12.2. The molecule has 0 aliphatic heterocycles. The maximum absolute atomic E-state index is 12.2. The number of nitrogens with zero attached hydrogens (tertiary/aromatic N) is 2. The van der Waals surface area contributed by atoms with Crippen molar-refractivity contribution in [2.24, 2.45) is 0 Å². The van der Waals surface area contributed by atoms with Crippen LogP contribution in [0.25, 0.3) is 17.5 Å². The summed E-state index contributed by atoms with van der Waals surface area (Å²) in [6.45, 7) is 4.26. The van der Waals surface area contributed by atoms with Crippen molar-refractivity contribution in [1.82, 2.24) is 10.2 Å². The molecule has 1 N–H and O–H groups in total. The van der Waals surface area contributed by atoms with Crippen molar-refractivity contribution in [1.29, 1.82) is 0 Å². The van der Waals surface area contributed by atoms with E-state index in [1.54, 1.807) is 44.2 Å². The van der Waals surface area contributed by atoms with Gasteiger partial charge in [-0.15, -0.1) is 16.9 Å². The van der Waals surface area contributed by atoms with Crippen LogP contribution in [0.3, 0.4) is 0 Å². The molecule has 30 heavy (non-hydrogen) atoms. The van der Waals surface area contributed by atoms with Gasteiger partial charge in [0.25, 0.3) is 5.91 Å². The fourth-order valence-electron chi connectivity index (χ4n) is 2.64. The van der Waals surface area contributed by atoms with Gasteiger partial charge >= 0.3 is 6.01 Å². The minimum absolute atomic E-state index is 0.0360. The third-order valence-corrected chi connectivity index (χ3v) is 4.94. The molecule has 0 atom stereocenters. The van der Waals surface area contributed by atoms with Gasteiger partial charge in [-0.1, -0.05) is 31.1 Å². The van der Waals surface area contributed by atoms with Crippen LogP contribution in [0.2, 0.25) is 0 Å². The lowest BCUT2D eigenvalue weighted by molar-refractivity contribution is -0.112. The number of carbonyl (C=O) groups is 1. The summed E-state index contributed by atoms with van der Waals surface area (Å²) in [7, 11) is 3.13. The van der Waals surface area contributed by atoms with Gasteiger partial charge in [-0.05, 0) is 42.0 Å². The summed E-state index contributed by atoms with van der Waals surface area (Å²) in [6.07, 6.45) is 3.03. The van der Waals surface area contributed by atoms with Crippen molar-refractivity contribution in [3.05, 3.63) is 54.1 Å². The highest BCUT2D eigenvalue weighted by Crippen LogP contribution is 2.29. The van der Waals surface area contributed by atoms with Crippen LogP contribution in [0.4, 0.5) is 6.01 Å². The molecule has 1 aromatic heterocycles. The molecule has 0 aliphatic rings. The molecule has 1 heterocycles. The molecule has 0 saturated heterocycles. The molecule has 0 fully saturated rings. The number of aromatic nitrogens is 2. The van der Waals surface area contributed by atoms with Gasteiger partial charge in [0.2, 0.25) is 5.89 Å². The first-order valence-electron chi connectivity index (χ1n) is 9.30. The van der Waals surface area contributed by atoms with E-state index < -0.39 is 0 Å². The summed E-state index contributed by atoms with van der Waals surface area (Å²) in [5, 5.41) is 11.0. The van der Waals surface area contributed by atoms with Gasteiger partial charge in [0, 0.05) is 21.8 Å².